The third-order valence-electron chi connectivity index (χ3n) is 5.14. The molecule has 34 heavy (non-hydrogen) atoms. The van der Waals surface area contributed by atoms with Crippen molar-refractivity contribution in [3.63, 3.8) is 0 Å². The number of nitrogens with zero attached hydrogens (tertiary/aromatic N) is 4. The Hall–Kier alpha value is -3.11. The lowest BCUT2D eigenvalue weighted by Gasteiger charge is -2.19. The monoisotopic (exact) mass is 497 g/mol. The summed E-state index contributed by atoms with van der Waals surface area (Å²) in [6.07, 6.45) is -0.322. The molecule has 2 aromatic carbocycles. The van der Waals surface area contributed by atoms with Gasteiger partial charge in [0.05, 0.1) is 23.1 Å². The van der Waals surface area contributed by atoms with Gasteiger partial charge in [-0.25, -0.2) is 4.98 Å². The summed E-state index contributed by atoms with van der Waals surface area (Å²) in [6, 6.07) is 13.5. The highest BCUT2D eigenvalue weighted by Gasteiger charge is 2.22. The Morgan fingerprint density at radius 1 is 1.12 bits per heavy atom. The van der Waals surface area contributed by atoms with Gasteiger partial charge in [-0.05, 0) is 63.6 Å². The summed E-state index contributed by atoms with van der Waals surface area (Å²) >= 11 is 2.82. The molecule has 0 aliphatic rings. The average molecular weight is 498 g/mol. The SMILES string of the molecule is COc1ccc(OC(C)c2nnc(SCC(=O)Nc3nc4c(C)cccc4s3)n2C(C)C)cc1. The molecule has 1 atom stereocenters. The number of rotatable bonds is 9. The first kappa shape index (κ1) is 24.0. The Morgan fingerprint density at radius 2 is 1.85 bits per heavy atom. The van der Waals surface area contributed by atoms with Gasteiger partial charge in [-0.3, -0.25) is 4.79 Å². The van der Waals surface area contributed by atoms with Crippen LogP contribution in [0.3, 0.4) is 0 Å². The normalized spacial score (nSPS) is 12.2. The van der Waals surface area contributed by atoms with Gasteiger partial charge < -0.3 is 19.4 Å². The van der Waals surface area contributed by atoms with Gasteiger partial charge in [-0.15, -0.1) is 10.2 Å². The Balaban J connectivity index is 1.42. The molecule has 2 heterocycles. The van der Waals surface area contributed by atoms with E-state index in [4.69, 9.17) is 9.47 Å². The smallest absolute Gasteiger partial charge is 0.236 e. The topological polar surface area (TPSA) is 91.2 Å². The van der Waals surface area contributed by atoms with Crippen LogP contribution in [0.4, 0.5) is 5.13 Å². The maximum atomic E-state index is 12.6. The van der Waals surface area contributed by atoms with Crippen LogP contribution in [0.25, 0.3) is 10.2 Å². The minimum Gasteiger partial charge on any atom is -0.497 e. The predicted molar refractivity (Wildman–Crippen MR) is 136 cm³/mol. The van der Waals surface area contributed by atoms with Crippen LogP contribution in [-0.4, -0.2) is 38.5 Å². The van der Waals surface area contributed by atoms with E-state index in [0.717, 1.165) is 21.5 Å². The van der Waals surface area contributed by atoms with Crippen LogP contribution < -0.4 is 14.8 Å². The van der Waals surface area contributed by atoms with Gasteiger partial charge in [0.15, 0.2) is 22.2 Å². The maximum Gasteiger partial charge on any atom is 0.236 e. The number of carbonyl (C=O) groups excluding carboxylic acids is 1. The predicted octanol–water partition coefficient (Wildman–Crippen LogP) is 5.66. The Kier molecular flexibility index (Phi) is 7.38. The fourth-order valence-corrected chi connectivity index (χ4v) is 5.32. The highest BCUT2D eigenvalue weighted by molar-refractivity contribution is 7.99. The van der Waals surface area contributed by atoms with Crippen LogP contribution in [0.1, 0.15) is 44.3 Å². The first-order valence-electron chi connectivity index (χ1n) is 10.9. The van der Waals surface area contributed by atoms with Crippen molar-refractivity contribution in [2.45, 2.75) is 45.0 Å². The summed E-state index contributed by atoms with van der Waals surface area (Å²) in [5.41, 5.74) is 2.01. The van der Waals surface area contributed by atoms with Crippen molar-refractivity contribution in [3.8, 4) is 11.5 Å². The number of anilines is 1. The Morgan fingerprint density at radius 3 is 2.53 bits per heavy atom. The first-order chi connectivity index (χ1) is 16.4. The summed E-state index contributed by atoms with van der Waals surface area (Å²) in [5.74, 6) is 2.25. The molecule has 8 nitrogen and oxygen atoms in total. The largest absolute Gasteiger partial charge is 0.497 e. The standard InChI is InChI=1S/C24H27N5O3S2/c1-14(2)29-22(16(4)32-18-11-9-17(31-5)10-12-18)27-28-24(29)33-13-20(30)25-23-26-21-15(3)7-6-8-19(21)34-23/h6-12,14,16H,13H2,1-5H3,(H,25,26,30). The number of thiazole rings is 1. The van der Waals surface area contributed by atoms with E-state index < -0.39 is 0 Å². The zero-order valence-corrected chi connectivity index (χ0v) is 21.4. The molecule has 0 bridgehead atoms. The van der Waals surface area contributed by atoms with Gasteiger partial charge in [-0.2, -0.15) is 0 Å². The first-order valence-corrected chi connectivity index (χ1v) is 12.7. The van der Waals surface area contributed by atoms with Crippen molar-refractivity contribution in [1.29, 1.82) is 0 Å². The molecule has 10 heteroatoms. The molecule has 0 spiro atoms. The highest BCUT2D eigenvalue weighted by atomic mass is 32.2. The minimum atomic E-state index is -0.322. The molecule has 0 saturated heterocycles. The number of benzene rings is 2. The van der Waals surface area contributed by atoms with Crippen LogP contribution in [0.5, 0.6) is 11.5 Å². The molecule has 1 N–H and O–H groups in total. The number of hydrogen-bond donors (Lipinski definition) is 1. The molecule has 178 valence electrons. The van der Waals surface area contributed by atoms with Crippen molar-refractivity contribution >= 4 is 44.4 Å². The van der Waals surface area contributed by atoms with E-state index in [1.54, 1.807) is 7.11 Å². The average Bonchev–Trinajstić information content (AvgIpc) is 3.43. The molecular formula is C24H27N5O3S2. The number of aromatic nitrogens is 4. The minimum absolute atomic E-state index is 0.102. The van der Waals surface area contributed by atoms with E-state index in [0.29, 0.717) is 21.9 Å². The number of carbonyl (C=O) groups is 1. The van der Waals surface area contributed by atoms with Crippen molar-refractivity contribution in [1.82, 2.24) is 19.7 Å². The second kappa shape index (κ2) is 10.4. The van der Waals surface area contributed by atoms with Crippen LogP contribution in [0, 0.1) is 6.92 Å². The third kappa shape index (κ3) is 5.34. The molecule has 1 unspecified atom stereocenters. The van der Waals surface area contributed by atoms with Crippen LogP contribution in [0.15, 0.2) is 47.6 Å². The van der Waals surface area contributed by atoms with E-state index in [2.05, 4.69) is 34.3 Å². The van der Waals surface area contributed by atoms with Gasteiger partial charge in [0, 0.05) is 6.04 Å². The van der Waals surface area contributed by atoms with Gasteiger partial charge in [0.25, 0.3) is 0 Å². The molecule has 4 rings (SSSR count). The molecule has 0 fully saturated rings. The highest BCUT2D eigenvalue weighted by Crippen LogP contribution is 2.30. The lowest BCUT2D eigenvalue weighted by atomic mass is 10.2. The van der Waals surface area contributed by atoms with Crippen LogP contribution >= 0.6 is 23.1 Å². The zero-order valence-electron chi connectivity index (χ0n) is 19.7. The quantitative estimate of drug-likeness (QED) is 0.299. The number of nitrogens with one attached hydrogen (secondary N) is 1. The second-order valence-electron chi connectivity index (χ2n) is 8.02. The van der Waals surface area contributed by atoms with Gasteiger partial charge in [-0.1, -0.05) is 35.2 Å². The summed E-state index contributed by atoms with van der Waals surface area (Å²) in [6.45, 7) is 8.06. The summed E-state index contributed by atoms with van der Waals surface area (Å²) < 4.78 is 14.3. The Labute approximate surface area is 206 Å². The maximum absolute atomic E-state index is 12.6. The number of ether oxygens (including phenoxy) is 2. The summed E-state index contributed by atoms with van der Waals surface area (Å²) in [7, 11) is 1.63. The van der Waals surface area contributed by atoms with Gasteiger partial charge >= 0.3 is 0 Å². The van der Waals surface area contributed by atoms with Crippen molar-refractivity contribution < 1.29 is 14.3 Å². The number of methoxy groups -OCH3 is 1. The lowest BCUT2D eigenvalue weighted by Crippen LogP contribution is -2.16. The lowest BCUT2D eigenvalue weighted by molar-refractivity contribution is -0.113. The van der Waals surface area contributed by atoms with Gasteiger partial charge in [0.1, 0.15) is 11.5 Å². The fourth-order valence-electron chi connectivity index (χ4n) is 3.49. The summed E-state index contributed by atoms with van der Waals surface area (Å²) in [4.78, 5) is 17.2. The van der Waals surface area contributed by atoms with Crippen molar-refractivity contribution in [2.24, 2.45) is 0 Å². The number of hydrogen-bond acceptors (Lipinski definition) is 8. The van der Waals surface area contributed by atoms with E-state index in [1.807, 2.05) is 60.9 Å². The van der Waals surface area contributed by atoms with Crippen molar-refractivity contribution in [2.75, 3.05) is 18.2 Å². The van der Waals surface area contributed by atoms with Gasteiger partial charge in [0.2, 0.25) is 5.91 Å². The molecular weight excluding hydrogens is 470 g/mol. The summed E-state index contributed by atoms with van der Waals surface area (Å²) in [5, 5.41) is 12.9. The van der Waals surface area contributed by atoms with Crippen LogP contribution in [-0.2, 0) is 4.79 Å². The molecule has 4 aromatic rings. The second-order valence-corrected chi connectivity index (χ2v) is 9.99. The zero-order chi connectivity index (χ0) is 24.2. The van der Waals surface area contributed by atoms with E-state index in [1.165, 1.54) is 23.1 Å². The van der Waals surface area contributed by atoms with E-state index in [-0.39, 0.29) is 23.8 Å². The number of para-hydroxylation sites is 1. The third-order valence-corrected chi connectivity index (χ3v) is 7.02. The molecule has 0 radical (unpaired) electrons. The number of amides is 1. The molecule has 1 amide bonds. The molecule has 0 aliphatic heterocycles. The van der Waals surface area contributed by atoms with E-state index >= 15 is 0 Å². The molecule has 2 aromatic heterocycles. The number of aryl methyl sites for hydroxylation is 1. The van der Waals surface area contributed by atoms with Crippen molar-refractivity contribution in [3.05, 3.63) is 53.9 Å². The number of fused-ring (bicyclic) bond motifs is 1. The van der Waals surface area contributed by atoms with Crippen LogP contribution in [0.2, 0.25) is 0 Å². The fraction of sp³-hybridized carbons (Fsp3) is 0.333. The molecule has 0 saturated carbocycles. The number of thioether (sulfide) groups is 1. The molecule has 0 aliphatic carbocycles. The Bertz CT molecular complexity index is 1280. The van der Waals surface area contributed by atoms with E-state index in [9.17, 15) is 4.79 Å².